The second-order valence-corrected chi connectivity index (χ2v) is 11.5. The molecule has 0 unspecified atom stereocenters. The molecule has 0 saturated carbocycles. The summed E-state index contributed by atoms with van der Waals surface area (Å²) in [5.74, 6) is -0.659. The number of para-hydroxylation sites is 1. The maximum absolute atomic E-state index is 14.0. The first-order valence-electron chi connectivity index (χ1n) is 13.4. The number of carbonyl (C=O) groups excluding carboxylic acids is 2. The zero-order chi connectivity index (χ0) is 28.4. The monoisotopic (exact) mass is 549 g/mol. The predicted octanol–water partition coefficient (Wildman–Crippen LogP) is 4.87. The Hall–Kier alpha value is -3.65. The average molecular weight is 550 g/mol. The van der Waals surface area contributed by atoms with Crippen LogP contribution in [-0.4, -0.2) is 50.8 Å². The summed E-state index contributed by atoms with van der Waals surface area (Å²) in [6, 6.07) is 22.7. The summed E-state index contributed by atoms with van der Waals surface area (Å²) in [5, 5.41) is 2.91. The Kier molecular flexibility index (Phi) is 10.7. The van der Waals surface area contributed by atoms with Crippen LogP contribution in [0.4, 0.5) is 5.69 Å². The van der Waals surface area contributed by atoms with E-state index in [0.717, 1.165) is 23.1 Å². The number of nitrogens with one attached hydrogen (secondary N) is 1. The molecule has 1 N–H and O–H groups in total. The van der Waals surface area contributed by atoms with E-state index in [2.05, 4.69) is 5.32 Å². The van der Waals surface area contributed by atoms with Gasteiger partial charge in [0.15, 0.2) is 0 Å². The molecule has 0 aliphatic carbocycles. The summed E-state index contributed by atoms with van der Waals surface area (Å²) in [5.41, 5.74) is 3.12. The van der Waals surface area contributed by atoms with Crippen molar-refractivity contribution < 1.29 is 18.0 Å². The number of sulfonamides is 1. The van der Waals surface area contributed by atoms with Crippen molar-refractivity contribution in [2.45, 2.75) is 57.9 Å². The van der Waals surface area contributed by atoms with Crippen molar-refractivity contribution >= 4 is 27.5 Å². The quantitative estimate of drug-likeness (QED) is 0.329. The van der Waals surface area contributed by atoms with E-state index in [1.54, 1.807) is 36.4 Å². The summed E-state index contributed by atoms with van der Waals surface area (Å²) < 4.78 is 29.0. The number of anilines is 1. The molecule has 3 aromatic rings. The first kappa shape index (κ1) is 29.9. The van der Waals surface area contributed by atoms with E-state index in [0.29, 0.717) is 25.1 Å². The van der Waals surface area contributed by atoms with E-state index in [1.807, 2.05) is 70.2 Å². The lowest BCUT2D eigenvalue weighted by Gasteiger charge is -2.33. The SMILES string of the molecule is CCCNC(=O)[C@@H](CC)N(CCc1ccccc1)C(=O)CN(c1ccccc1C)S(=O)(=O)c1ccc(C)cc1. The van der Waals surface area contributed by atoms with E-state index in [9.17, 15) is 18.0 Å². The van der Waals surface area contributed by atoms with Crippen LogP contribution in [0.1, 0.15) is 43.4 Å². The van der Waals surface area contributed by atoms with Crippen LogP contribution < -0.4 is 9.62 Å². The van der Waals surface area contributed by atoms with Gasteiger partial charge in [-0.05, 0) is 62.4 Å². The third kappa shape index (κ3) is 7.69. The molecule has 0 aliphatic rings. The molecule has 3 aromatic carbocycles. The summed E-state index contributed by atoms with van der Waals surface area (Å²) >= 11 is 0. The van der Waals surface area contributed by atoms with E-state index in [1.165, 1.54) is 9.21 Å². The van der Waals surface area contributed by atoms with Crippen LogP contribution in [0, 0.1) is 13.8 Å². The molecular formula is C31H39N3O4S. The molecule has 0 bridgehead atoms. The molecule has 208 valence electrons. The van der Waals surface area contributed by atoms with E-state index >= 15 is 0 Å². The normalized spacial score (nSPS) is 12.0. The minimum atomic E-state index is -4.07. The van der Waals surface area contributed by atoms with Crippen molar-refractivity contribution in [1.29, 1.82) is 0 Å². The van der Waals surface area contributed by atoms with Crippen molar-refractivity contribution in [3.05, 3.63) is 95.6 Å². The standard InChI is InChI=1S/C31H39N3O4S/c1-5-21-32-31(36)28(6-2)33(22-20-26-13-8-7-9-14-26)30(35)23-34(29-15-11-10-12-25(29)4)39(37,38)27-18-16-24(3)17-19-27/h7-19,28H,5-6,20-23H2,1-4H3,(H,32,36)/t28-/m1/s1. The second-order valence-electron chi connectivity index (χ2n) is 9.65. The number of rotatable bonds is 13. The van der Waals surface area contributed by atoms with Gasteiger partial charge in [-0.1, -0.05) is 80.1 Å². The average Bonchev–Trinajstić information content (AvgIpc) is 2.93. The van der Waals surface area contributed by atoms with Crippen molar-refractivity contribution in [2.24, 2.45) is 0 Å². The molecule has 3 rings (SSSR count). The second kappa shape index (κ2) is 13.9. The van der Waals surface area contributed by atoms with Gasteiger partial charge in [0, 0.05) is 13.1 Å². The fraction of sp³-hybridized carbons (Fsp3) is 0.355. The highest BCUT2D eigenvalue weighted by atomic mass is 32.2. The minimum Gasteiger partial charge on any atom is -0.354 e. The predicted molar refractivity (Wildman–Crippen MR) is 156 cm³/mol. The van der Waals surface area contributed by atoms with Crippen LogP contribution in [0.25, 0.3) is 0 Å². The first-order valence-corrected chi connectivity index (χ1v) is 14.9. The Morgan fingerprint density at radius 2 is 1.51 bits per heavy atom. The first-order chi connectivity index (χ1) is 18.7. The maximum Gasteiger partial charge on any atom is 0.264 e. The molecular weight excluding hydrogens is 510 g/mol. The molecule has 0 saturated heterocycles. The zero-order valence-electron chi connectivity index (χ0n) is 23.3. The highest BCUT2D eigenvalue weighted by Crippen LogP contribution is 2.27. The number of hydrogen-bond acceptors (Lipinski definition) is 4. The van der Waals surface area contributed by atoms with Gasteiger partial charge in [0.2, 0.25) is 11.8 Å². The molecule has 0 aliphatic heterocycles. The van der Waals surface area contributed by atoms with Crippen molar-refractivity contribution in [3.8, 4) is 0 Å². The lowest BCUT2D eigenvalue weighted by Crippen LogP contribution is -2.53. The molecule has 7 nitrogen and oxygen atoms in total. The summed E-state index contributed by atoms with van der Waals surface area (Å²) in [4.78, 5) is 28.8. The summed E-state index contributed by atoms with van der Waals surface area (Å²) in [7, 11) is -4.07. The van der Waals surface area contributed by atoms with Gasteiger partial charge in [0.05, 0.1) is 10.6 Å². The Bertz CT molecular complexity index is 1340. The number of amides is 2. The highest BCUT2D eigenvalue weighted by Gasteiger charge is 2.33. The van der Waals surface area contributed by atoms with Gasteiger partial charge < -0.3 is 10.2 Å². The van der Waals surface area contributed by atoms with E-state index in [4.69, 9.17) is 0 Å². The van der Waals surface area contributed by atoms with Crippen LogP contribution in [0.3, 0.4) is 0 Å². The van der Waals surface area contributed by atoms with Gasteiger partial charge in [0.25, 0.3) is 10.0 Å². The fourth-order valence-corrected chi connectivity index (χ4v) is 5.93. The number of nitrogens with zero attached hydrogens (tertiary/aromatic N) is 2. The van der Waals surface area contributed by atoms with Gasteiger partial charge in [-0.3, -0.25) is 13.9 Å². The number of aryl methyl sites for hydroxylation is 2. The van der Waals surface area contributed by atoms with E-state index in [-0.39, 0.29) is 17.3 Å². The Morgan fingerprint density at radius 3 is 2.13 bits per heavy atom. The molecule has 0 fully saturated rings. The van der Waals surface area contributed by atoms with E-state index < -0.39 is 28.5 Å². The van der Waals surface area contributed by atoms with Crippen molar-refractivity contribution in [1.82, 2.24) is 10.2 Å². The molecule has 8 heteroatoms. The Balaban J connectivity index is 2.01. The van der Waals surface area contributed by atoms with Crippen LogP contribution in [-0.2, 0) is 26.0 Å². The zero-order valence-corrected chi connectivity index (χ0v) is 24.1. The van der Waals surface area contributed by atoms with Gasteiger partial charge in [-0.15, -0.1) is 0 Å². The molecule has 0 heterocycles. The van der Waals surface area contributed by atoms with Gasteiger partial charge in [-0.2, -0.15) is 0 Å². The third-order valence-electron chi connectivity index (χ3n) is 6.69. The number of hydrogen-bond donors (Lipinski definition) is 1. The largest absolute Gasteiger partial charge is 0.354 e. The topological polar surface area (TPSA) is 86.8 Å². The van der Waals surface area contributed by atoms with Crippen LogP contribution in [0.2, 0.25) is 0 Å². The summed E-state index contributed by atoms with van der Waals surface area (Å²) in [6.45, 7) is 7.90. The molecule has 39 heavy (non-hydrogen) atoms. The molecule has 0 radical (unpaired) electrons. The molecule has 1 atom stereocenters. The maximum atomic E-state index is 14.0. The summed E-state index contributed by atoms with van der Waals surface area (Å²) in [6.07, 6.45) is 1.72. The molecule has 2 amide bonds. The van der Waals surface area contributed by atoms with Gasteiger partial charge in [-0.25, -0.2) is 8.42 Å². The van der Waals surface area contributed by atoms with Gasteiger partial charge >= 0.3 is 0 Å². The highest BCUT2D eigenvalue weighted by molar-refractivity contribution is 7.92. The molecule has 0 aromatic heterocycles. The lowest BCUT2D eigenvalue weighted by atomic mass is 10.1. The van der Waals surface area contributed by atoms with Crippen LogP contribution in [0.15, 0.2) is 83.8 Å². The van der Waals surface area contributed by atoms with Crippen LogP contribution >= 0.6 is 0 Å². The minimum absolute atomic E-state index is 0.104. The van der Waals surface area contributed by atoms with Crippen LogP contribution in [0.5, 0.6) is 0 Å². The lowest BCUT2D eigenvalue weighted by molar-refractivity contribution is -0.139. The molecule has 0 spiro atoms. The smallest absolute Gasteiger partial charge is 0.264 e. The van der Waals surface area contributed by atoms with Gasteiger partial charge in [0.1, 0.15) is 12.6 Å². The van der Waals surface area contributed by atoms with Crippen molar-refractivity contribution in [3.63, 3.8) is 0 Å². The number of benzene rings is 3. The Labute approximate surface area is 232 Å². The van der Waals surface area contributed by atoms with Crippen molar-refractivity contribution in [2.75, 3.05) is 23.9 Å². The Morgan fingerprint density at radius 1 is 0.872 bits per heavy atom. The number of carbonyl (C=O) groups is 2. The third-order valence-corrected chi connectivity index (χ3v) is 8.47. The fourth-order valence-electron chi connectivity index (χ4n) is 4.46.